The largest absolute Gasteiger partial charge is 0.462 e. The van der Waals surface area contributed by atoms with Crippen LogP contribution >= 0.6 is 0 Å². The van der Waals surface area contributed by atoms with Gasteiger partial charge in [-0.25, -0.2) is 0 Å². The molecular weight excluding hydrogens is 249 g/mol. The average Bonchev–Trinajstić information content (AvgIpc) is 2.74. The Morgan fingerprint density at radius 2 is 1.80 bits per heavy atom. The number of rotatable bonds is 1. The van der Waals surface area contributed by atoms with Crippen LogP contribution in [0, 0.1) is 39.9 Å². The van der Waals surface area contributed by atoms with Crippen LogP contribution in [0.1, 0.15) is 47.5 Å². The maximum Gasteiger partial charge on any atom is 0.462 e. The molecule has 0 N–H and O–H groups in total. The van der Waals surface area contributed by atoms with Gasteiger partial charge in [-0.2, -0.15) is 5.26 Å². The van der Waals surface area contributed by atoms with Crippen molar-refractivity contribution in [2.45, 2.75) is 65.0 Å². The van der Waals surface area contributed by atoms with Crippen molar-refractivity contribution in [2.75, 3.05) is 0 Å². The van der Waals surface area contributed by atoms with E-state index in [1.807, 2.05) is 0 Å². The van der Waals surface area contributed by atoms with E-state index in [0.717, 1.165) is 12.3 Å². The second kappa shape index (κ2) is 3.44. The Hall–Kier alpha value is -0.525. The van der Waals surface area contributed by atoms with Crippen LogP contribution in [0.4, 0.5) is 0 Å². The van der Waals surface area contributed by atoms with Crippen molar-refractivity contribution in [3.05, 3.63) is 0 Å². The first-order valence-electron chi connectivity index (χ1n) is 7.96. The highest BCUT2D eigenvalue weighted by atomic mass is 16.7. The number of hydrogen-bond acceptors (Lipinski definition) is 3. The average molecular weight is 273 g/mol. The first kappa shape index (κ1) is 13.2. The Balaban J connectivity index is 1.58. The lowest BCUT2D eigenvalue weighted by Gasteiger charge is -2.64. The van der Waals surface area contributed by atoms with E-state index in [1.165, 1.54) is 6.42 Å². The molecule has 0 spiro atoms. The van der Waals surface area contributed by atoms with Crippen LogP contribution in [0.3, 0.4) is 0 Å². The van der Waals surface area contributed by atoms with E-state index in [1.54, 1.807) is 0 Å². The normalized spacial score (nSPS) is 53.8. The summed E-state index contributed by atoms with van der Waals surface area (Å²) in [5.41, 5.74) is 0.292. The number of nitrogens with zero attached hydrogens (tertiary/aromatic N) is 1. The first-order chi connectivity index (χ1) is 9.23. The molecule has 5 aliphatic rings. The summed E-state index contributed by atoms with van der Waals surface area (Å²) in [4.78, 5) is 0. The van der Waals surface area contributed by atoms with Crippen molar-refractivity contribution < 1.29 is 9.31 Å². The molecule has 0 amide bonds. The lowest BCUT2D eigenvalue weighted by molar-refractivity contribution is -0.199. The van der Waals surface area contributed by atoms with E-state index in [-0.39, 0.29) is 36.0 Å². The summed E-state index contributed by atoms with van der Waals surface area (Å²) in [6.45, 7) is 11.3. The van der Waals surface area contributed by atoms with Gasteiger partial charge in [0.2, 0.25) is 0 Å². The van der Waals surface area contributed by atoms with E-state index in [4.69, 9.17) is 9.31 Å². The minimum Gasteiger partial charge on any atom is -0.405 e. The SMILES string of the molecule is CC1(C)C2CC1[C@]1(C)OB([C@H]3[C@H](C#N)C3(C)C)O[C@@H]1C2. The van der Waals surface area contributed by atoms with Crippen molar-refractivity contribution in [3.8, 4) is 6.07 Å². The molecule has 2 bridgehead atoms. The lowest BCUT2D eigenvalue weighted by atomic mass is 9.43. The fraction of sp³-hybridized carbons (Fsp3) is 0.938. The van der Waals surface area contributed by atoms with Crippen LogP contribution in [0.2, 0.25) is 5.82 Å². The van der Waals surface area contributed by atoms with Gasteiger partial charge in [-0.3, -0.25) is 0 Å². The second-order valence-corrected chi connectivity index (χ2v) is 8.79. The molecule has 4 heteroatoms. The zero-order valence-corrected chi connectivity index (χ0v) is 13.1. The Morgan fingerprint density at radius 3 is 2.35 bits per heavy atom. The molecule has 0 radical (unpaired) electrons. The van der Waals surface area contributed by atoms with Gasteiger partial charge in [-0.05, 0) is 42.4 Å². The highest BCUT2D eigenvalue weighted by Gasteiger charge is 2.73. The maximum atomic E-state index is 9.28. The van der Waals surface area contributed by atoms with E-state index in [0.29, 0.717) is 11.3 Å². The molecule has 20 heavy (non-hydrogen) atoms. The van der Waals surface area contributed by atoms with Crippen LogP contribution < -0.4 is 0 Å². The molecule has 4 aliphatic carbocycles. The standard InChI is InChI=1S/C16H24BNO2/c1-14(2)9-6-11(14)16(5)12(7-9)19-17(20-16)13-10(8-18)15(13,3)4/h9-13H,6-7H2,1-5H3/t9?,10-,11?,12+,13-,16-/m0/s1. The van der Waals surface area contributed by atoms with E-state index >= 15 is 0 Å². The lowest BCUT2D eigenvalue weighted by Crippen LogP contribution is -2.65. The van der Waals surface area contributed by atoms with E-state index in [9.17, 15) is 5.26 Å². The molecule has 0 aromatic carbocycles. The summed E-state index contributed by atoms with van der Waals surface area (Å²) < 4.78 is 12.7. The van der Waals surface area contributed by atoms with Crippen molar-refractivity contribution in [1.82, 2.24) is 0 Å². The summed E-state index contributed by atoms with van der Waals surface area (Å²) in [6, 6.07) is 2.43. The van der Waals surface area contributed by atoms with Crippen LogP contribution in [0.15, 0.2) is 0 Å². The molecule has 1 aliphatic heterocycles. The highest BCUT2D eigenvalue weighted by molar-refractivity contribution is 6.49. The van der Waals surface area contributed by atoms with Gasteiger partial charge < -0.3 is 9.31 Å². The molecular formula is C16H24BNO2. The molecule has 0 aromatic rings. The van der Waals surface area contributed by atoms with E-state index in [2.05, 4.69) is 40.7 Å². The number of nitriles is 1. The molecule has 1 heterocycles. The molecule has 108 valence electrons. The van der Waals surface area contributed by atoms with Crippen LogP contribution in [-0.4, -0.2) is 18.8 Å². The zero-order chi connectivity index (χ0) is 14.5. The molecule has 1 saturated heterocycles. The minimum atomic E-state index is -0.167. The van der Waals surface area contributed by atoms with Crippen molar-refractivity contribution >= 4 is 7.12 Å². The monoisotopic (exact) mass is 273 g/mol. The predicted octanol–water partition coefficient (Wildman–Crippen LogP) is 3.26. The highest BCUT2D eigenvalue weighted by Crippen LogP contribution is 2.70. The topological polar surface area (TPSA) is 42.2 Å². The van der Waals surface area contributed by atoms with Crippen molar-refractivity contribution in [2.24, 2.45) is 28.6 Å². The molecule has 5 fully saturated rings. The quantitative estimate of drug-likeness (QED) is 0.688. The third-order valence-corrected chi connectivity index (χ3v) is 7.31. The molecule has 5 rings (SSSR count). The van der Waals surface area contributed by atoms with Gasteiger partial charge in [0.25, 0.3) is 0 Å². The molecule has 4 saturated carbocycles. The Morgan fingerprint density at radius 1 is 1.10 bits per heavy atom. The van der Waals surface area contributed by atoms with Crippen LogP contribution in [-0.2, 0) is 9.31 Å². The molecule has 3 nitrogen and oxygen atoms in total. The smallest absolute Gasteiger partial charge is 0.405 e. The Labute approximate surface area is 122 Å². The minimum absolute atomic E-state index is 0.0434. The molecule has 2 unspecified atom stereocenters. The summed E-state index contributed by atoms with van der Waals surface area (Å²) in [5, 5.41) is 9.28. The van der Waals surface area contributed by atoms with Gasteiger partial charge in [0.05, 0.1) is 23.7 Å². The first-order valence-corrected chi connectivity index (χ1v) is 7.96. The Kier molecular flexibility index (Phi) is 2.27. The fourth-order valence-electron chi connectivity index (χ4n) is 5.48. The predicted molar refractivity (Wildman–Crippen MR) is 76.7 cm³/mol. The zero-order valence-electron chi connectivity index (χ0n) is 13.1. The Bertz CT molecular complexity index is 511. The van der Waals surface area contributed by atoms with E-state index < -0.39 is 0 Å². The summed E-state index contributed by atoms with van der Waals surface area (Å²) in [5.74, 6) is 1.72. The third-order valence-electron chi connectivity index (χ3n) is 7.31. The van der Waals surface area contributed by atoms with Crippen molar-refractivity contribution in [3.63, 3.8) is 0 Å². The molecule has 0 aromatic heterocycles. The van der Waals surface area contributed by atoms with Gasteiger partial charge in [-0.15, -0.1) is 0 Å². The number of hydrogen-bond donors (Lipinski definition) is 0. The van der Waals surface area contributed by atoms with Gasteiger partial charge in [0.15, 0.2) is 0 Å². The maximum absolute atomic E-state index is 9.28. The second-order valence-electron chi connectivity index (χ2n) is 8.79. The van der Waals surface area contributed by atoms with Gasteiger partial charge in [0, 0.05) is 5.82 Å². The fourth-order valence-corrected chi connectivity index (χ4v) is 5.48. The van der Waals surface area contributed by atoms with Gasteiger partial charge in [-0.1, -0.05) is 27.7 Å². The third kappa shape index (κ3) is 1.30. The summed E-state index contributed by atoms with van der Waals surface area (Å²) in [6.07, 6.45) is 2.65. The molecule has 6 atom stereocenters. The van der Waals surface area contributed by atoms with Crippen LogP contribution in [0.25, 0.3) is 0 Å². The van der Waals surface area contributed by atoms with Gasteiger partial charge in [0.1, 0.15) is 0 Å². The van der Waals surface area contributed by atoms with Crippen molar-refractivity contribution in [1.29, 1.82) is 5.26 Å². The van der Waals surface area contributed by atoms with Gasteiger partial charge >= 0.3 is 7.12 Å². The summed E-state index contributed by atoms with van der Waals surface area (Å²) in [7, 11) is -0.167. The van der Waals surface area contributed by atoms with Crippen LogP contribution in [0.5, 0.6) is 0 Å². The summed E-state index contributed by atoms with van der Waals surface area (Å²) >= 11 is 0.